The van der Waals surface area contributed by atoms with E-state index in [9.17, 15) is 4.79 Å². The highest BCUT2D eigenvalue weighted by molar-refractivity contribution is 5.79. The smallest absolute Gasteiger partial charge is 0.224 e. The van der Waals surface area contributed by atoms with Crippen molar-refractivity contribution in [1.29, 1.82) is 0 Å². The number of likely N-dealkylation sites (N-methyl/N-ethyl adjacent to an activating group) is 1. The van der Waals surface area contributed by atoms with E-state index in [0.717, 1.165) is 34.7 Å². The van der Waals surface area contributed by atoms with Gasteiger partial charge in [0.1, 0.15) is 12.4 Å². The Morgan fingerprint density at radius 3 is 2.73 bits per heavy atom. The van der Waals surface area contributed by atoms with Gasteiger partial charge >= 0.3 is 0 Å². The summed E-state index contributed by atoms with van der Waals surface area (Å²) in [6.07, 6.45) is 1.24. The van der Waals surface area contributed by atoms with Crippen LogP contribution in [0.3, 0.4) is 0 Å². The highest BCUT2D eigenvalue weighted by Gasteiger charge is 2.26. The molecule has 4 nitrogen and oxygen atoms in total. The summed E-state index contributed by atoms with van der Waals surface area (Å²) in [5.74, 6) is 0.832. The zero-order chi connectivity index (χ0) is 18.5. The molecule has 2 aromatic rings. The van der Waals surface area contributed by atoms with Gasteiger partial charge in [-0.15, -0.1) is 0 Å². The summed E-state index contributed by atoms with van der Waals surface area (Å²) >= 11 is 0. The van der Waals surface area contributed by atoms with E-state index >= 15 is 0 Å². The molecule has 0 aromatic heterocycles. The Bertz CT molecular complexity index is 814. The average Bonchev–Trinajstić information content (AvgIpc) is 2.66. The van der Waals surface area contributed by atoms with Crippen LogP contribution < -0.4 is 10.1 Å². The average molecular weight is 348 g/mol. The molecule has 0 radical (unpaired) electrons. The number of hydrogen-bond acceptors (Lipinski definition) is 3. The number of ether oxygens (including phenoxy) is 1. The first-order valence-electron chi connectivity index (χ1n) is 8.72. The van der Waals surface area contributed by atoms with Crippen molar-refractivity contribution in [2.24, 2.45) is 0 Å². The van der Waals surface area contributed by atoms with Gasteiger partial charge in [0.15, 0.2) is 0 Å². The van der Waals surface area contributed by atoms with Crippen LogP contribution in [0.4, 0.5) is 0 Å². The highest BCUT2D eigenvalue weighted by Crippen LogP contribution is 2.27. The van der Waals surface area contributed by atoms with Gasteiger partial charge in [-0.2, -0.15) is 0 Å². The van der Waals surface area contributed by atoms with Crippen LogP contribution in [0.25, 0.3) is 5.70 Å². The molecule has 0 bridgehead atoms. The van der Waals surface area contributed by atoms with Crippen molar-refractivity contribution in [3.63, 3.8) is 0 Å². The maximum absolute atomic E-state index is 11.5. The van der Waals surface area contributed by atoms with Crippen molar-refractivity contribution in [2.45, 2.75) is 25.5 Å². The maximum Gasteiger partial charge on any atom is 0.224 e. The lowest BCUT2D eigenvalue weighted by Crippen LogP contribution is -2.43. The molecule has 1 aliphatic heterocycles. The Hall–Kier alpha value is -3.01. The molecular weight excluding hydrogens is 324 g/mol. The normalized spacial score (nSPS) is 16.7. The van der Waals surface area contributed by atoms with Crippen molar-refractivity contribution in [3.05, 3.63) is 84.6 Å². The van der Waals surface area contributed by atoms with Crippen LogP contribution in [-0.4, -0.2) is 23.9 Å². The third-order valence-electron chi connectivity index (χ3n) is 4.66. The van der Waals surface area contributed by atoms with Crippen molar-refractivity contribution in [3.8, 4) is 5.75 Å². The molecule has 1 aliphatic rings. The number of hydrogen-bond donors (Lipinski definition) is 1. The molecular formula is C22H24N2O2. The van der Waals surface area contributed by atoms with Crippen LogP contribution in [0.2, 0.25) is 0 Å². The molecule has 3 rings (SSSR count). The van der Waals surface area contributed by atoms with Crippen LogP contribution >= 0.6 is 0 Å². The molecule has 4 heteroatoms. The summed E-state index contributed by atoms with van der Waals surface area (Å²) in [6.45, 7) is 8.74. The third-order valence-corrected chi connectivity index (χ3v) is 4.66. The first-order chi connectivity index (χ1) is 12.5. The van der Waals surface area contributed by atoms with E-state index < -0.39 is 0 Å². The number of benzene rings is 2. The Morgan fingerprint density at radius 2 is 2.00 bits per heavy atom. The van der Waals surface area contributed by atoms with Crippen LogP contribution in [0.15, 0.2) is 73.5 Å². The van der Waals surface area contributed by atoms with Gasteiger partial charge < -0.3 is 15.0 Å². The van der Waals surface area contributed by atoms with Gasteiger partial charge in [-0.1, -0.05) is 55.6 Å². The van der Waals surface area contributed by atoms with E-state index in [1.165, 1.54) is 0 Å². The molecule has 1 amide bonds. The molecule has 1 fully saturated rings. The fourth-order valence-corrected chi connectivity index (χ4v) is 3.09. The second-order valence-corrected chi connectivity index (χ2v) is 6.49. The fraction of sp³-hybridized carbons (Fsp3) is 0.227. The number of piperidine rings is 1. The van der Waals surface area contributed by atoms with Crippen molar-refractivity contribution >= 4 is 11.6 Å². The van der Waals surface area contributed by atoms with E-state index in [4.69, 9.17) is 4.74 Å². The second-order valence-electron chi connectivity index (χ2n) is 6.49. The molecule has 1 N–H and O–H groups in total. The third kappa shape index (κ3) is 4.14. The first kappa shape index (κ1) is 17.8. The molecule has 0 saturated carbocycles. The Balaban J connectivity index is 1.67. The number of carbonyl (C=O) groups is 1. The number of amides is 1. The van der Waals surface area contributed by atoms with E-state index in [2.05, 4.69) is 23.4 Å². The number of rotatable bonds is 6. The van der Waals surface area contributed by atoms with Gasteiger partial charge in [-0.25, -0.2) is 0 Å². The van der Waals surface area contributed by atoms with Crippen molar-refractivity contribution < 1.29 is 9.53 Å². The van der Waals surface area contributed by atoms with Gasteiger partial charge in [-0.3, -0.25) is 4.79 Å². The standard InChI is InChI=1S/C22H24N2O2/c1-16-21(12-13-22(25)23-16)24(3)17(2)19-10-7-11-20(14-19)26-15-18-8-5-4-6-9-18/h4-11,14,21H,1-2,12-13,15H2,3H3,(H,23,25). The lowest BCUT2D eigenvalue weighted by molar-refractivity contribution is -0.121. The van der Waals surface area contributed by atoms with Crippen LogP contribution in [0.5, 0.6) is 5.75 Å². The minimum absolute atomic E-state index is 0.0292. The van der Waals surface area contributed by atoms with Crippen molar-refractivity contribution in [1.82, 2.24) is 10.2 Å². The Morgan fingerprint density at radius 1 is 1.23 bits per heavy atom. The van der Waals surface area contributed by atoms with Gasteiger partial charge in [-0.05, 0) is 24.1 Å². The van der Waals surface area contributed by atoms with Crippen LogP contribution in [0, 0.1) is 0 Å². The van der Waals surface area contributed by atoms with E-state index in [-0.39, 0.29) is 11.9 Å². The molecule has 134 valence electrons. The molecule has 1 unspecified atom stereocenters. The van der Waals surface area contributed by atoms with E-state index in [1.807, 2.05) is 61.6 Å². The minimum atomic E-state index is 0.0292. The Labute approximate surface area is 154 Å². The van der Waals surface area contributed by atoms with Crippen LogP contribution in [0.1, 0.15) is 24.0 Å². The minimum Gasteiger partial charge on any atom is -0.489 e. The second kappa shape index (κ2) is 7.91. The van der Waals surface area contributed by atoms with Crippen molar-refractivity contribution in [2.75, 3.05) is 7.05 Å². The summed E-state index contributed by atoms with van der Waals surface area (Å²) in [4.78, 5) is 13.6. The number of nitrogens with zero attached hydrogens (tertiary/aromatic N) is 1. The fourth-order valence-electron chi connectivity index (χ4n) is 3.09. The monoisotopic (exact) mass is 348 g/mol. The van der Waals surface area contributed by atoms with Crippen LogP contribution in [-0.2, 0) is 11.4 Å². The molecule has 26 heavy (non-hydrogen) atoms. The lowest BCUT2D eigenvalue weighted by atomic mass is 10.0. The molecule has 1 saturated heterocycles. The van der Waals surface area contributed by atoms with E-state index in [1.54, 1.807) is 0 Å². The summed E-state index contributed by atoms with van der Waals surface area (Å²) in [6, 6.07) is 18.0. The van der Waals surface area contributed by atoms with Gasteiger partial charge in [0, 0.05) is 30.4 Å². The first-order valence-corrected chi connectivity index (χ1v) is 8.72. The summed E-state index contributed by atoms with van der Waals surface area (Å²) in [5, 5.41) is 2.83. The largest absolute Gasteiger partial charge is 0.489 e. The van der Waals surface area contributed by atoms with Gasteiger partial charge in [0.05, 0.1) is 6.04 Å². The molecule has 0 spiro atoms. The van der Waals surface area contributed by atoms with Gasteiger partial charge in [0.25, 0.3) is 0 Å². The lowest BCUT2D eigenvalue weighted by Gasteiger charge is -2.35. The maximum atomic E-state index is 11.5. The molecule has 2 aromatic carbocycles. The van der Waals surface area contributed by atoms with Gasteiger partial charge in [0.2, 0.25) is 5.91 Å². The summed E-state index contributed by atoms with van der Waals surface area (Å²) in [5.41, 5.74) is 3.71. The quantitative estimate of drug-likeness (QED) is 0.859. The van der Waals surface area contributed by atoms with E-state index in [0.29, 0.717) is 13.0 Å². The zero-order valence-corrected chi connectivity index (χ0v) is 15.1. The molecule has 1 atom stereocenters. The highest BCUT2D eigenvalue weighted by atomic mass is 16.5. The number of nitrogens with one attached hydrogen (secondary N) is 1. The summed E-state index contributed by atoms with van der Waals surface area (Å²) in [7, 11) is 1.98. The molecule has 0 aliphatic carbocycles. The predicted molar refractivity (Wildman–Crippen MR) is 104 cm³/mol. The Kier molecular flexibility index (Phi) is 5.42. The topological polar surface area (TPSA) is 41.6 Å². The zero-order valence-electron chi connectivity index (χ0n) is 15.1. The SMILES string of the molecule is C=C1NC(=O)CCC1N(C)C(=C)c1cccc(OCc2ccccc2)c1. The molecule has 1 heterocycles. The number of carbonyl (C=O) groups excluding carboxylic acids is 1. The predicted octanol–water partition coefficient (Wildman–Crippen LogP) is 3.96. The summed E-state index contributed by atoms with van der Waals surface area (Å²) < 4.78 is 5.91.